The highest BCUT2D eigenvalue weighted by molar-refractivity contribution is 9.10. The lowest BCUT2D eigenvalue weighted by Gasteiger charge is -2.09. The fraction of sp³-hybridized carbons (Fsp3) is 0. The van der Waals surface area contributed by atoms with E-state index < -0.39 is 5.82 Å². The van der Waals surface area contributed by atoms with Gasteiger partial charge in [0.25, 0.3) is 5.91 Å². The number of aromatic nitrogens is 1. The second-order valence-corrected chi connectivity index (χ2v) is 5.22. The van der Waals surface area contributed by atoms with E-state index >= 15 is 0 Å². The maximum absolute atomic E-state index is 13.5. The average Bonchev–Trinajstić information content (AvgIpc) is 2.50. The third kappa shape index (κ3) is 2.64. The number of nitrogens with one attached hydrogen (secondary N) is 1. The van der Waals surface area contributed by atoms with Crippen LogP contribution in [0.3, 0.4) is 0 Å². The van der Waals surface area contributed by atoms with Gasteiger partial charge in [-0.2, -0.15) is 0 Å². The van der Waals surface area contributed by atoms with E-state index in [1.54, 1.807) is 24.4 Å². The lowest BCUT2D eigenvalue weighted by atomic mass is 10.1. The Morgan fingerprint density at radius 3 is 2.76 bits per heavy atom. The van der Waals surface area contributed by atoms with Crippen molar-refractivity contribution in [2.45, 2.75) is 0 Å². The van der Waals surface area contributed by atoms with Gasteiger partial charge in [-0.15, -0.1) is 0 Å². The monoisotopic (exact) mass is 344 g/mol. The predicted molar refractivity (Wildman–Crippen MR) is 83.8 cm³/mol. The highest BCUT2D eigenvalue weighted by Crippen LogP contribution is 2.24. The Bertz CT molecular complexity index is 830. The van der Waals surface area contributed by atoms with E-state index in [1.165, 1.54) is 12.1 Å². The van der Waals surface area contributed by atoms with Gasteiger partial charge in [-0.1, -0.05) is 12.1 Å². The molecule has 0 saturated carbocycles. The molecule has 5 heteroatoms. The standard InChI is InChI=1S/C16H10BrFN2O/c17-15-11(4-1-6-12(15)18)16(21)20-14-8-2-7-13-10(14)5-3-9-19-13/h1-9H,(H,20,21). The molecule has 0 saturated heterocycles. The molecule has 21 heavy (non-hydrogen) atoms. The highest BCUT2D eigenvalue weighted by atomic mass is 79.9. The quantitative estimate of drug-likeness (QED) is 0.749. The van der Waals surface area contributed by atoms with Gasteiger partial charge in [0.1, 0.15) is 5.82 Å². The first-order valence-electron chi connectivity index (χ1n) is 6.26. The summed E-state index contributed by atoms with van der Waals surface area (Å²) in [5, 5.41) is 3.63. The SMILES string of the molecule is O=C(Nc1cccc2ncccc12)c1cccc(F)c1Br. The number of nitrogens with zero attached hydrogens (tertiary/aromatic N) is 1. The van der Waals surface area contributed by atoms with Crippen molar-refractivity contribution in [1.82, 2.24) is 4.98 Å². The first-order valence-corrected chi connectivity index (χ1v) is 7.05. The average molecular weight is 345 g/mol. The first-order chi connectivity index (χ1) is 10.2. The summed E-state index contributed by atoms with van der Waals surface area (Å²) in [5.74, 6) is -0.847. The van der Waals surface area contributed by atoms with Crippen molar-refractivity contribution in [2.75, 3.05) is 5.32 Å². The molecule has 0 radical (unpaired) electrons. The molecule has 0 aliphatic rings. The molecule has 0 atom stereocenters. The van der Waals surface area contributed by atoms with Crippen LogP contribution < -0.4 is 5.32 Å². The zero-order valence-electron chi connectivity index (χ0n) is 10.8. The maximum atomic E-state index is 13.5. The zero-order valence-corrected chi connectivity index (χ0v) is 12.4. The van der Waals surface area contributed by atoms with Crippen molar-refractivity contribution in [3.8, 4) is 0 Å². The van der Waals surface area contributed by atoms with Crippen molar-refractivity contribution in [2.24, 2.45) is 0 Å². The number of carbonyl (C=O) groups is 1. The molecule has 0 spiro atoms. The first kappa shape index (κ1) is 13.7. The lowest BCUT2D eigenvalue weighted by molar-refractivity contribution is 0.102. The van der Waals surface area contributed by atoms with Crippen LogP contribution in [0.4, 0.5) is 10.1 Å². The number of fused-ring (bicyclic) bond motifs is 1. The van der Waals surface area contributed by atoms with Crippen LogP contribution in [0, 0.1) is 5.82 Å². The normalized spacial score (nSPS) is 10.6. The van der Waals surface area contributed by atoms with E-state index in [1.807, 2.05) is 18.2 Å². The van der Waals surface area contributed by atoms with Crippen LogP contribution >= 0.6 is 15.9 Å². The van der Waals surface area contributed by atoms with Crippen molar-refractivity contribution < 1.29 is 9.18 Å². The third-order valence-electron chi connectivity index (χ3n) is 3.09. The summed E-state index contributed by atoms with van der Waals surface area (Å²) in [6.07, 6.45) is 1.69. The number of anilines is 1. The van der Waals surface area contributed by atoms with E-state index in [2.05, 4.69) is 26.2 Å². The summed E-state index contributed by atoms with van der Waals surface area (Å²) in [6, 6.07) is 13.5. The molecule has 3 aromatic rings. The molecule has 104 valence electrons. The van der Waals surface area contributed by atoms with E-state index in [-0.39, 0.29) is 15.9 Å². The summed E-state index contributed by atoms with van der Waals surface area (Å²) < 4.78 is 13.6. The molecule has 0 aliphatic carbocycles. The van der Waals surface area contributed by atoms with E-state index in [9.17, 15) is 9.18 Å². The molecule has 1 N–H and O–H groups in total. The second kappa shape index (κ2) is 5.61. The molecule has 3 nitrogen and oxygen atoms in total. The van der Waals surface area contributed by atoms with E-state index in [0.717, 1.165) is 10.9 Å². The molecule has 0 fully saturated rings. The van der Waals surface area contributed by atoms with Crippen molar-refractivity contribution in [1.29, 1.82) is 0 Å². The summed E-state index contributed by atoms with van der Waals surface area (Å²) in [7, 11) is 0. The zero-order chi connectivity index (χ0) is 14.8. The minimum absolute atomic E-state index is 0.154. The number of carbonyl (C=O) groups excluding carboxylic acids is 1. The van der Waals surface area contributed by atoms with Crippen molar-refractivity contribution in [3.63, 3.8) is 0 Å². The second-order valence-electron chi connectivity index (χ2n) is 4.43. The van der Waals surface area contributed by atoms with Crippen LogP contribution in [0.25, 0.3) is 10.9 Å². The number of benzene rings is 2. The number of hydrogen-bond donors (Lipinski definition) is 1. The highest BCUT2D eigenvalue weighted by Gasteiger charge is 2.14. The predicted octanol–water partition coefficient (Wildman–Crippen LogP) is 4.39. The van der Waals surface area contributed by atoms with Crippen molar-refractivity contribution >= 4 is 38.4 Å². The Balaban J connectivity index is 1.99. The fourth-order valence-corrected chi connectivity index (χ4v) is 2.53. The van der Waals surface area contributed by atoms with Gasteiger partial charge in [0.2, 0.25) is 0 Å². The van der Waals surface area contributed by atoms with Crippen LogP contribution in [0.2, 0.25) is 0 Å². The molecule has 1 heterocycles. The van der Waals surface area contributed by atoms with Crippen LogP contribution in [0.5, 0.6) is 0 Å². The molecule has 0 aliphatic heterocycles. The number of hydrogen-bond acceptors (Lipinski definition) is 2. The van der Waals surface area contributed by atoms with Gasteiger partial charge in [0, 0.05) is 11.6 Å². The summed E-state index contributed by atoms with van der Waals surface area (Å²) in [6.45, 7) is 0. The van der Waals surface area contributed by atoms with Gasteiger partial charge in [-0.05, 0) is 52.3 Å². The molecule has 3 rings (SSSR count). The molecule has 0 unspecified atom stereocenters. The maximum Gasteiger partial charge on any atom is 0.256 e. The Kier molecular flexibility index (Phi) is 3.66. The Labute approximate surface area is 128 Å². The van der Waals surface area contributed by atoms with Crippen LogP contribution in [-0.2, 0) is 0 Å². The lowest BCUT2D eigenvalue weighted by Crippen LogP contribution is -2.13. The number of halogens is 2. The minimum atomic E-state index is -0.470. The number of rotatable bonds is 2. The fourth-order valence-electron chi connectivity index (χ4n) is 2.08. The smallest absolute Gasteiger partial charge is 0.256 e. The number of pyridine rings is 1. The van der Waals surface area contributed by atoms with Crippen LogP contribution in [0.1, 0.15) is 10.4 Å². The Morgan fingerprint density at radius 1 is 1.10 bits per heavy atom. The molecule has 1 amide bonds. The van der Waals surface area contributed by atoms with Gasteiger partial charge in [0.05, 0.1) is 21.2 Å². The Hall–Kier alpha value is -2.27. The van der Waals surface area contributed by atoms with E-state index in [4.69, 9.17) is 0 Å². The van der Waals surface area contributed by atoms with Gasteiger partial charge in [-0.25, -0.2) is 4.39 Å². The number of amides is 1. The van der Waals surface area contributed by atoms with Crippen LogP contribution in [0.15, 0.2) is 59.2 Å². The van der Waals surface area contributed by atoms with Gasteiger partial charge in [-0.3, -0.25) is 9.78 Å². The minimum Gasteiger partial charge on any atom is -0.321 e. The molecular weight excluding hydrogens is 335 g/mol. The van der Waals surface area contributed by atoms with Crippen molar-refractivity contribution in [3.05, 3.63) is 70.6 Å². The summed E-state index contributed by atoms with van der Waals surface area (Å²) in [5.41, 5.74) is 1.67. The largest absolute Gasteiger partial charge is 0.321 e. The molecule has 1 aromatic heterocycles. The molecule has 0 bridgehead atoms. The van der Waals surface area contributed by atoms with Crippen LogP contribution in [-0.4, -0.2) is 10.9 Å². The molecular formula is C16H10BrFN2O. The topological polar surface area (TPSA) is 42.0 Å². The third-order valence-corrected chi connectivity index (χ3v) is 3.90. The summed E-state index contributed by atoms with van der Waals surface area (Å²) in [4.78, 5) is 16.5. The van der Waals surface area contributed by atoms with Gasteiger partial charge in [0.15, 0.2) is 0 Å². The molecule has 2 aromatic carbocycles. The van der Waals surface area contributed by atoms with Gasteiger partial charge < -0.3 is 5.32 Å². The Morgan fingerprint density at radius 2 is 1.90 bits per heavy atom. The van der Waals surface area contributed by atoms with Gasteiger partial charge >= 0.3 is 0 Å². The van der Waals surface area contributed by atoms with E-state index in [0.29, 0.717) is 5.69 Å². The summed E-state index contributed by atoms with van der Waals surface area (Å²) >= 11 is 3.10.